The first kappa shape index (κ1) is 17.4. The molecule has 0 unspecified atom stereocenters. The number of methoxy groups -OCH3 is 2. The molecule has 0 aliphatic carbocycles. The second-order valence-corrected chi connectivity index (χ2v) is 5.09. The zero-order chi connectivity index (χ0) is 17.5. The van der Waals surface area contributed by atoms with Gasteiger partial charge in [-0.05, 0) is 48.6 Å². The second kappa shape index (κ2) is 8.07. The van der Waals surface area contributed by atoms with Crippen molar-refractivity contribution in [2.24, 2.45) is 0 Å². The number of hydrogen-bond acceptors (Lipinski definition) is 5. The molecule has 7 heteroatoms. The van der Waals surface area contributed by atoms with E-state index in [2.05, 4.69) is 15.4 Å². The largest absolute Gasteiger partial charge is 0.495 e. The van der Waals surface area contributed by atoms with Crippen molar-refractivity contribution in [2.75, 3.05) is 19.5 Å². The van der Waals surface area contributed by atoms with Gasteiger partial charge in [0.1, 0.15) is 5.75 Å². The van der Waals surface area contributed by atoms with E-state index in [0.717, 1.165) is 0 Å². The Morgan fingerprint density at radius 3 is 2.21 bits per heavy atom. The minimum Gasteiger partial charge on any atom is -0.495 e. The van der Waals surface area contributed by atoms with Crippen LogP contribution < -0.4 is 15.4 Å². The minimum absolute atomic E-state index is 0.140. The Morgan fingerprint density at radius 1 is 0.958 bits per heavy atom. The third-order valence-corrected chi connectivity index (χ3v) is 3.35. The minimum atomic E-state index is -0.463. The molecular formula is C17H16N2O4S. The molecular weight excluding hydrogens is 328 g/mol. The molecule has 0 heterocycles. The van der Waals surface area contributed by atoms with Crippen molar-refractivity contribution < 1.29 is 19.1 Å². The molecule has 0 spiro atoms. The number of para-hydroxylation sites is 2. The Labute approximate surface area is 144 Å². The van der Waals surface area contributed by atoms with E-state index in [1.54, 1.807) is 19.2 Å². The number of rotatable bonds is 4. The lowest BCUT2D eigenvalue weighted by Gasteiger charge is -2.12. The van der Waals surface area contributed by atoms with Gasteiger partial charge in [-0.25, -0.2) is 4.79 Å². The van der Waals surface area contributed by atoms with Gasteiger partial charge in [-0.2, -0.15) is 0 Å². The maximum atomic E-state index is 12.2. The normalized spacial score (nSPS) is 9.75. The summed E-state index contributed by atoms with van der Waals surface area (Å²) < 4.78 is 9.81. The first-order valence-electron chi connectivity index (χ1n) is 6.99. The summed E-state index contributed by atoms with van der Waals surface area (Å²) >= 11 is 5.13. The van der Waals surface area contributed by atoms with E-state index in [9.17, 15) is 9.59 Å². The van der Waals surface area contributed by atoms with E-state index >= 15 is 0 Å². The number of nitrogens with one attached hydrogen (secondary N) is 2. The molecule has 24 heavy (non-hydrogen) atoms. The summed E-state index contributed by atoms with van der Waals surface area (Å²) in [6, 6.07) is 13.3. The molecule has 6 nitrogen and oxygen atoms in total. The van der Waals surface area contributed by atoms with Crippen LogP contribution in [0.4, 0.5) is 5.69 Å². The quantitative estimate of drug-likeness (QED) is 0.656. The topological polar surface area (TPSA) is 76.7 Å². The molecule has 0 saturated carbocycles. The lowest BCUT2D eigenvalue weighted by atomic mass is 10.1. The summed E-state index contributed by atoms with van der Waals surface area (Å²) in [7, 11) is 2.84. The monoisotopic (exact) mass is 344 g/mol. The number of amides is 1. The van der Waals surface area contributed by atoms with Crippen molar-refractivity contribution in [3.05, 3.63) is 59.7 Å². The lowest BCUT2D eigenvalue weighted by molar-refractivity contribution is 0.0600. The fourth-order valence-electron chi connectivity index (χ4n) is 1.95. The molecule has 0 bridgehead atoms. The van der Waals surface area contributed by atoms with Crippen LogP contribution in [0.25, 0.3) is 0 Å². The van der Waals surface area contributed by atoms with Gasteiger partial charge in [0.2, 0.25) is 0 Å². The van der Waals surface area contributed by atoms with Crippen molar-refractivity contribution in [1.29, 1.82) is 0 Å². The molecule has 1 amide bonds. The summed E-state index contributed by atoms with van der Waals surface area (Å²) in [5, 5.41) is 5.61. The molecule has 0 aromatic heterocycles. The molecule has 2 aromatic carbocycles. The number of esters is 1. The summed E-state index contributed by atoms with van der Waals surface area (Å²) in [6.45, 7) is 0. The van der Waals surface area contributed by atoms with E-state index < -0.39 is 5.97 Å². The first-order chi connectivity index (χ1) is 11.5. The number of carbonyl (C=O) groups is 2. The van der Waals surface area contributed by atoms with Crippen LogP contribution in [0, 0.1) is 0 Å². The molecule has 0 fully saturated rings. The summed E-state index contributed by atoms with van der Waals surface area (Å²) in [6.07, 6.45) is 0. The summed E-state index contributed by atoms with van der Waals surface area (Å²) in [5.74, 6) is -0.245. The standard InChI is InChI=1S/C17H16N2O4S/c1-22-14-6-4-3-5-13(14)18-17(24)19-15(20)11-7-9-12(10-8-11)16(21)23-2/h3-10H,1-2H3,(H2,18,19,20,24). The second-order valence-electron chi connectivity index (χ2n) is 4.68. The maximum absolute atomic E-state index is 12.2. The van der Waals surface area contributed by atoms with Gasteiger partial charge in [0.05, 0.1) is 25.5 Å². The van der Waals surface area contributed by atoms with Crippen LogP contribution in [-0.4, -0.2) is 31.2 Å². The molecule has 0 saturated heterocycles. The van der Waals surface area contributed by atoms with Crippen LogP contribution in [0.3, 0.4) is 0 Å². The van der Waals surface area contributed by atoms with Crippen LogP contribution in [0.5, 0.6) is 5.75 Å². The Balaban J connectivity index is 2.01. The lowest BCUT2D eigenvalue weighted by Crippen LogP contribution is -2.34. The van der Waals surface area contributed by atoms with Crippen molar-refractivity contribution in [3.63, 3.8) is 0 Å². The van der Waals surface area contributed by atoms with Gasteiger partial charge in [0.15, 0.2) is 5.11 Å². The Bertz CT molecular complexity index is 759. The van der Waals surface area contributed by atoms with Crippen LogP contribution >= 0.6 is 12.2 Å². The van der Waals surface area contributed by atoms with Gasteiger partial charge in [0.25, 0.3) is 5.91 Å². The van der Waals surface area contributed by atoms with E-state index in [0.29, 0.717) is 22.6 Å². The van der Waals surface area contributed by atoms with Gasteiger partial charge in [-0.15, -0.1) is 0 Å². The van der Waals surface area contributed by atoms with E-state index in [1.165, 1.54) is 31.4 Å². The zero-order valence-electron chi connectivity index (χ0n) is 13.2. The van der Waals surface area contributed by atoms with Gasteiger partial charge in [0, 0.05) is 5.56 Å². The van der Waals surface area contributed by atoms with Crippen molar-refractivity contribution >= 4 is 34.9 Å². The van der Waals surface area contributed by atoms with Gasteiger partial charge in [-0.3, -0.25) is 10.1 Å². The maximum Gasteiger partial charge on any atom is 0.337 e. The van der Waals surface area contributed by atoms with Gasteiger partial charge in [-0.1, -0.05) is 12.1 Å². The number of hydrogen-bond donors (Lipinski definition) is 2. The van der Waals surface area contributed by atoms with Crippen molar-refractivity contribution in [3.8, 4) is 5.75 Å². The highest BCUT2D eigenvalue weighted by Gasteiger charge is 2.11. The van der Waals surface area contributed by atoms with Crippen LogP contribution in [0.1, 0.15) is 20.7 Å². The average Bonchev–Trinajstić information content (AvgIpc) is 2.61. The highest BCUT2D eigenvalue weighted by atomic mass is 32.1. The van der Waals surface area contributed by atoms with E-state index in [4.69, 9.17) is 17.0 Å². The SMILES string of the molecule is COC(=O)c1ccc(C(=O)NC(=S)Nc2ccccc2OC)cc1. The van der Waals surface area contributed by atoms with Crippen molar-refractivity contribution in [2.45, 2.75) is 0 Å². The third-order valence-electron chi connectivity index (χ3n) is 3.15. The number of benzene rings is 2. The Morgan fingerprint density at radius 2 is 1.58 bits per heavy atom. The number of carbonyl (C=O) groups excluding carboxylic acids is 2. The smallest absolute Gasteiger partial charge is 0.337 e. The van der Waals surface area contributed by atoms with Crippen LogP contribution in [-0.2, 0) is 4.74 Å². The number of ether oxygens (including phenoxy) is 2. The molecule has 0 aliphatic rings. The van der Waals surface area contributed by atoms with Crippen LogP contribution in [0.2, 0.25) is 0 Å². The van der Waals surface area contributed by atoms with Gasteiger partial charge >= 0.3 is 5.97 Å². The number of anilines is 1. The Kier molecular flexibility index (Phi) is 5.86. The average molecular weight is 344 g/mol. The molecule has 0 aliphatic heterocycles. The molecule has 2 aromatic rings. The van der Waals surface area contributed by atoms with Crippen molar-refractivity contribution in [1.82, 2.24) is 5.32 Å². The fourth-order valence-corrected chi connectivity index (χ4v) is 2.15. The molecule has 2 N–H and O–H groups in total. The number of thiocarbonyl (C=S) groups is 1. The predicted molar refractivity (Wildman–Crippen MR) is 94.5 cm³/mol. The predicted octanol–water partition coefficient (Wildman–Crippen LogP) is 2.61. The first-order valence-corrected chi connectivity index (χ1v) is 7.39. The highest BCUT2D eigenvalue weighted by molar-refractivity contribution is 7.80. The molecule has 0 atom stereocenters. The molecule has 0 radical (unpaired) electrons. The molecule has 124 valence electrons. The summed E-state index contributed by atoms with van der Waals surface area (Å²) in [5.41, 5.74) is 1.38. The third kappa shape index (κ3) is 4.30. The molecule has 2 rings (SSSR count). The fraction of sp³-hybridized carbons (Fsp3) is 0.118. The summed E-state index contributed by atoms with van der Waals surface area (Å²) in [4.78, 5) is 23.5. The van der Waals surface area contributed by atoms with E-state index in [-0.39, 0.29) is 11.0 Å². The van der Waals surface area contributed by atoms with Crippen LogP contribution in [0.15, 0.2) is 48.5 Å². The Hall–Kier alpha value is -2.93. The zero-order valence-corrected chi connectivity index (χ0v) is 14.0. The van der Waals surface area contributed by atoms with E-state index in [1.807, 2.05) is 12.1 Å². The highest BCUT2D eigenvalue weighted by Crippen LogP contribution is 2.22. The van der Waals surface area contributed by atoms with Gasteiger partial charge < -0.3 is 14.8 Å².